The van der Waals surface area contributed by atoms with Crippen LogP contribution in [-0.4, -0.2) is 28.7 Å². The molecule has 0 spiro atoms. The molecule has 1 atom stereocenters. The van der Waals surface area contributed by atoms with Crippen molar-refractivity contribution in [3.63, 3.8) is 0 Å². The summed E-state index contributed by atoms with van der Waals surface area (Å²) >= 11 is 3.46. The highest BCUT2D eigenvalue weighted by molar-refractivity contribution is 9.09. The van der Waals surface area contributed by atoms with Gasteiger partial charge in [0.1, 0.15) is 5.82 Å². The van der Waals surface area contributed by atoms with Crippen LogP contribution in [0.25, 0.3) is 10.8 Å². The molecule has 4 heteroatoms. The molecule has 3 rings (SSSR count). The average molecular weight is 336 g/mol. The summed E-state index contributed by atoms with van der Waals surface area (Å²) in [6.45, 7) is 0.779. The number of rotatable bonds is 2. The van der Waals surface area contributed by atoms with E-state index in [2.05, 4.69) is 15.9 Å². The van der Waals surface area contributed by atoms with Gasteiger partial charge in [-0.3, -0.25) is 4.79 Å². The molecule has 1 saturated heterocycles. The largest absolute Gasteiger partial charge is 0.335 e. The van der Waals surface area contributed by atoms with Crippen molar-refractivity contribution in [1.29, 1.82) is 0 Å². The molecular formula is C16H15BrFNO. The Labute approximate surface area is 125 Å². The zero-order valence-corrected chi connectivity index (χ0v) is 12.6. The van der Waals surface area contributed by atoms with E-state index in [1.165, 1.54) is 6.07 Å². The molecule has 0 N–H and O–H groups in total. The number of benzene rings is 2. The maximum Gasteiger partial charge on any atom is 0.254 e. The predicted molar refractivity (Wildman–Crippen MR) is 81.8 cm³/mol. The van der Waals surface area contributed by atoms with Gasteiger partial charge in [-0.2, -0.15) is 0 Å². The van der Waals surface area contributed by atoms with E-state index in [-0.39, 0.29) is 17.8 Å². The SMILES string of the molecule is O=C(c1ccc(F)c2ccccc12)N1CCCC1CBr. The molecule has 1 amide bonds. The first-order valence-electron chi connectivity index (χ1n) is 6.76. The summed E-state index contributed by atoms with van der Waals surface area (Å²) in [6.07, 6.45) is 2.05. The second kappa shape index (κ2) is 5.52. The van der Waals surface area contributed by atoms with Gasteiger partial charge >= 0.3 is 0 Å². The monoisotopic (exact) mass is 335 g/mol. The Morgan fingerprint density at radius 2 is 2.00 bits per heavy atom. The molecule has 1 heterocycles. The Bertz CT molecular complexity index is 658. The summed E-state index contributed by atoms with van der Waals surface area (Å²) in [6, 6.07) is 10.4. The van der Waals surface area contributed by atoms with Crippen molar-refractivity contribution in [3.8, 4) is 0 Å². The Kier molecular flexibility index (Phi) is 3.74. The normalized spacial score (nSPS) is 18.7. The van der Waals surface area contributed by atoms with Gasteiger partial charge in [-0.1, -0.05) is 40.2 Å². The summed E-state index contributed by atoms with van der Waals surface area (Å²) in [5.41, 5.74) is 0.592. The van der Waals surface area contributed by atoms with Crippen LogP contribution in [-0.2, 0) is 0 Å². The fourth-order valence-electron chi connectivity index (χ4n) is 2.87. The van der Waals surface area contributed by atoms with Crippen LogP contribution in [0.2, 0.25) is 0 Å². The number of hydrogen-bond donors (Lipinski definition) is 0. The first-order chi connectivity index (χ1) is 9.72. The van der Waals surface area contributed by atoms with Gasteiger partial charge in [-0.25, -0.2) is 4.39 Å². The summed E-state index contributed by atoms with van der Waals surface area (Å²) in [5, 5.41) is 1.99. The van der Waals surface area contributed by atoms with Crippen LogP contribution in [0.15, 0.2) is 36.4 Å². The number of fused-ring (bicyclic) bond motifs is 1. The van der Waals surface area contributed by atoms with Gasteiger partial charge in [-0.05, 0) is 30.4 Å². The molecule has 104 valence electrons. The third-order valence-corrected chi connectivity index (χ3v) is 4.66. The van der Waals surface area contributed by atoms with Crippen molar-refractivity contribution in [1.82, 2.24) is 4.90 Å². The maximum absolute atomic E-state index is 13.8. The number of amides is 1. The summed E-state index contributed by atoms with van der Waals surface area (Å²) in [5.74, 6) is -0.279. The second-order valence-corrected chi connectivity index (χ2v) is 5.74. The number of halogens is 2. The van der Waals surface area contributed by atoms with Crippen LogP contribution in [0.5, 0.6) is 0 Å². The van der Waals surface area contributed by atoms with Gasteiger partial charge in [0.05, 0.1) is 0 Å². The van der Waals surface area contributed by atoms with Gasteiger partial charge in [-0.15, -0.1) is 0 Å². The molecule has 2 aromatic rings. The molecule has 2 nitrogen and oxygen atoms in total. The molecule has 0 bridgehead atoms. The lowest BCUT2D eigenvalue weighted by Gasteiger charge is -2.23. The zero-order valence-electron chi connectivity index (χ0n) is 11.0. The minimum absolute atomic E-state index is 0.00292. The predicted octanol–water partition coefficient (Wildman–Crippen LogP) is 3.98. The smallest absolute Gasteiger partial charge is 0.254 e. The number of hydrogen-bond acceptors (Lipinski definition) is 1. The van der Waals surface area contributed by atoms with Crippen molar-refractivity contribution in [3.05, 3.63) is 47.8 Å². The second-order valence-electron chi connectivity index (χ2n) is 5.09. The standard InChI is InChI=1S/C16H15BrFNO/c17-10-11-4-3-9-19(11)16(20)14-7-8-15(18)13-6-2-1-5-12(13)14/h1-2,5-8,11H,3-4,9-10H2. The van der Waals surface area contributed by atoms with E-state index in [0.717, 1.165) is 24.7 Å². The first-order valence-corrected chi connectivity index (χ1v) is 7.88. The highest BCUT2D eigenvalue weighted by atomic mass is 79.9. The van der Waals surface area contributed by atoms with Gasteiger partial charge in [0, 0.05) is 28.9 Å². The lowest BCUT2D eigenvalue weighted by molar-refractivity contribution is 0.0752. The minimum atomic E-state index is -0.282. The quantitative estimate of drug-likeness (QED) is 0.760. The number of alkyl halides is 1. The number of carbonyl (C=O) groups is 1. The summed E-state index contributed by atoms with van der Waals surface area (Å²) in [7, 11) is 0. The van der Waals surface area contributed by atoms with Crippen molar-refractivity contribution < 1.29 is 9.18 Å². The Hall–Kier alpha value is -1.42. The van der Waals surface area contributed by atoms with E-state index in [0.29, 0.717) is 16.3 Å². The third-order valence-electron chi connectivity index (χ3n) is 3.92. The molecule has 1 fully saturated rings. The molecular weight excluding hydrogens is 321 g/mol. The molecule has 1 aliphatic heterocycles. The van der Waals surface area contributed by atoms with Crippen molar-refractivity contribution in [2.45, 2.75) is 18.9 Å². The molecule has 0 saturated carbocycles. The molecule has 1 unspecified atom stereocenters. The fourth-order valence-corrected chi connectivity index (χ4v) is 3.54. The maximum atomic E-state index is 13.8. The number of nitrogens with zero attached hydrogens (tertiary/aromatic N) is 1. The molecule has 0 aliphatic carbocycles. The lowest BCUT2D eigenvalue weighted by atomic mass is 10.0. The van der Waals surface area contributed by atoms with E-state index >= 15 is 0 Å². The highest BCUT2D eigenvalue weighted by Gasteiger charge is 2.29. The van der Waals surface area contributed by atoms with E-state index in [4.69, 9.17) is 0 Å². The Morgan fingerprint density at radius 3 is 2.75 bits per heavy atom. The van der Waals surface area contributed by atoms with E-state index < -0.39 is 0 Å². The number of carbonyl (C=O) groups excluding carboxylic acids is 1. The highest BCUT2D eigenvalue weighted by Crippen LogP contribution is 2.26. The Morgan fingerprint density at radius 1 is 1.25 bits per heavy atom. The fraction of sp³-hybridized carbons (Fsp3) is 0.312. The van der Waals surface area contributed by atoms with Crippen LogP contribution >= 0.6 is 15.9 Å². The lowest BCUT2D eigenvalue weighted by Crippen LogP contribution is -2.36. The third kappa shape index (κ3) is 2.22. The van der Waals surface area contributed by atoms with Crippen LogP contribution in [0, 0.1) is 5.82 Å². The molecule has 2 aromatic carbocycles. The molecule has 20 heavy (non-hydrogen) atoms. The summed E-state index contributed by atoms with van der Waals surface area (Å²) < 4.78 is 13.8. The van der Waals surface area contributed by atoms with Gasteiger partial charge in [0.15, 0.2) is 0 Å². The van der Waals surface area contributed by atoms with Crippen molar-refractivity contribution in [2.75, 3.05) is 11.9 Å². The number of likely N-dealkylation sites (tertiary alicyclic amines) is 1. The van der Waals surface area contributed by atoms with E-state index in [9.17, 15) is 9.18 Å². The van der Waals surface area contributed by atoms with Gasteiger partial charge in [0.25, 0.3) is 5.91 Å². The minimum Gasteiger partial charge on any atom is -0.335 e. The summed E-state index contributed by atoms with van der Waals surface area (Å²) in [4.78, 5) is 14.6. The van der Waals surface area contributed by atoms with E-state index in [1.807, 2.05) is 17.0 Å². The van der Waals surface area contributed by atoms with E-state index in [1.54, 1.807) is 18.2 Å². The van der Waals surface area contributed by atoms with Gasteiger partial charge in [0.2, 0.25) is 0 Å². The van der Waals surface area contributed by atoms with Gasteiger partial charge < -0.3 is 4.90 Å². The van der Waals surface area contributed by atoms with Crippen molar-refractivity contribution in [2.24, 2.45) is 0 Å². The topological polar surface area (TPSA) is 20.3 Å². The Balaban J connectivity index is 2.06. The first kappa shape index (κ1) is 13.6. The van der Waals surface area contributed by atoms with Crippen LogP contribution in [0.1, 0.15) is 23.2 Å². The molecule has 0 aromatic heterocycles. The van der Waals surface area contributed by atoms with Crippen LogP contribution in [0.4, 0.5) is 4.39 Å². The van der Waals surface area contributed by atoms with Crippen LogP contribution in [0.3, 0.4) is 0 Å². The van der Waals surface area contributed by atoms with Crippen molar-refractivity contribution >= 4 is 32.6 Å². The molecule has 0 radical (unpaired) electrons. The average Bonchev–Trinajstić information content (AvgIpc) is 2.96. The van der Waals surface area contributed by atoms with Crippen LogP contribution < -0.4 is 0 Å². The molecule has 1 aliphatic rings. The zero-order chi connectivity index (χ0) is 14.1.